The molecular weight excluding hydrogens is 414 g/mol. The zero-order valence-electron chi connectivity index (χ0n) is 18.1. The molecule has 164 valence electrons. The van der Waals surface area contributed by atoms with Crippen LogP contribution in [-0.2, 0) is 24.2 Å². The Morgan fingerprint density at radius 3 is 2.65 bits per heavy atom. The predicted molar refractivity (Wildman–Crippen MR) is 120 cm³/mol. The molecule has 0 aliphatic carbocycles. The maximum absolute atomic E-state index is 13.4. The Morgan fingerprint density at radius 2 is 1.97 bits per heavy atom. The van der Waals surface area contributed by atoms with E-state index >= 15 is 0 Å². The van der Waals surface area contributed by atoms with Gasteiger partial charge < -0.3 is 19.4 Å². The normalized spacial score (nSPS) is 19.2. The van der Waals surface area contributed by atoms with Gasteiger partial charge in [-0.25, -0.2) is 4.98 Å². The highest BCUT2D eigenvalue weighted by Crippen LogP contribution is 2.20. The van der Waals surface area contributed by atoms with Crippen molar-refractivity contribution in [1.29, 1.82) is 0 Å². The van der Waals surface area contributed by atoms with Gasteiger partial charge in [-0.1, -0.05) is 24.6 Å². The molecule has 0 bridgehead atoms. The maximum atomic E-state index is 13.4. The van der Waals surface area contributed by atoms with E-state index in [1.54, 1.807) is 12.3 Å². The van der Waals surface area contributed by atoms with Gasteiger partial charge in [0.05, 0.1) is 28.6 Å². The molecule has 1 saturated heterocycles. The van der Waals surface area contributed by atoms with Gasteiger partial charge in [-0.3, -0.25) is 9.78 Å². The standard InChI is InChI=1S/C23H28ClN5O2/c1-4-17-5-7-19(26-9-17)10-25-11-20-22(27-21-8-6-18(24)14-29(20)21)23(30)28-12-15(2)31-16(3)13-28/h5-9,14-16,25H,4,10-13H2,1-3H3/t15-,16+. The van der Waals surface area contributed by atoms with Crippen molar-refractivity contribution < 1.29 is 9.53 Å². The van der Waals surface area contributed by atoms with Gasteiger partial charge in [0.1, 0.15) is 5.65 Å². The zero-order valence-corrected chi connectivity index (χ0v) is 18.9. The van der Waals surface area contributed by atoms with Gasteiger partial charge in [0, 0.05) is 38.6 Å². The lowest BCUT2D eigenvalue weighted by molar-refractivity contribution is -0.0587. The Bertz CT molecular complexity index is 1060. The molecule has 31 heavy (non-hydrogen) atoms. The number of nitrogens with one attached hydrogen (secondary N) is 1. The van der Waals surface area contributed by atoms with E-state index in [-0.39, 0.29) is 18.1 Å². The fraction of sp³-hybridized carbons (Fsp3) is 0.435. The number of hydrogen-bond acceptors (Lipinski definition) is 5. The average molecular weight is 442 g/mol. The number of carbonyl (C=O) groups excluding carboxylic acids is 1. The molecule has 8 heteroatoms. The molecule has 4 heterocycles. The van der Waals surface area contributed by atoms with Crippen molar-refractivity contribution >= 4 is 23.2 Å². The summed E-state index contributed by atoms with van der Waals surface area (Å²) in [4.78, 5) is 24.4. The Kier molecular flexibility index (Phi) is 6.55. The van der Waals surface area contributed by atoms with Crippen LogP contribution < -0.4 is 5.32 Å². The summed E-state index contributed by atoms with van der Waals surface area (Å²) in [6.07, 6.45) is 4.67. The van der Waals surface area contributed by atoms with Gasteiger partial charge in [0.15, 0.2) is 5.69 Å². The van der Waals surface area contributed by atoms with Crippen LogP contribution in [0.1, 0.15) is 48.2 Å². The van der Waals surface area contributed by atoms with Crippen molar-refractivity contribution in [2.45, 2.75) is 52.5 Å². The molecule has 3 aromatic rings. The molecule has 0 saturated carbocycles. The third kappa shape index (κ3) is 4.89. The fourth-order valence-electron chi connectivity index (χ4n) is 3.98. The summed E-state index contributed by atoms with van der Waals surface area (Å²) in [5.41, 5.74) is 4.10. The molecule has 1 aliphatic rings. The Hall–Kier alpha value is -2.48. The Labute approximate surface area is 187 Å². The minimum absolute atomic E-state index is 0.00193. The van der Waals surface area contributed by atoms with Crippen LogP contribution in [-0.4, -0.2) is 50.5 Å². The van der Waals surface area contributed by atoms with E-state index in [1.807, 2.05) is 41.5 Å². The van der Waals surface area contributed by atoms with Crippen molar-refractivity contribution in [2.75, 3.05) is 13.1 Å². The monoisotopic (exact) mass is 441 g/mol. The van der Waals surface area contributed by atoms with E-state index in [9.17, 15) is 4.79 Å². The fourth-order valence-corrected chi connectivity index (χ4v) is 4.14. The average Bonchev–Trinajstić information content (AvgIpc) is 3.10. The van der Waals surface area contributed by atoms with Crippen LogP contribution in [0.15, 0.2) is 36.7 Å². The van der Waals surface area contributed by atoms with Gasteiger partial charge in [-0.15, -0.1) is 0 Å². The molecule has 3 aromatic heterocycles. The number of amides is 1. The minimum atomic E-state index is -0.0796. The lowest BCUT2D eigenvalue weighted by Gasteiger charge is -2.35. The zero-order chi connectivity index (χ0) is 22.0. The molecule has 0 spiro atoms. The van der Waals surface area contributed by atoms with E-state index in [4.69, 9.17) is 16.3 Å². The smallest absolute Gasteiger partial charge is 0.274 e. The topological polar surface area (TPSA) is 71.8 Å². The Balaban J connectivity index is 1.58. The quantitative estimate of drug-likeness (QED) is 0.634. The lowest BCUT2D eigenvalue weighted by atomic mass is 10.2. The molecule has 1 fully saturated rings. The molecule has 0 unspecified atom stereocenters. The van der Waals surface area contributed by atoms with Crippen molar-refractivity contribution in [3.05, 3.63) is 64.3 Å². The number of aromatic nitrogens is 3. The van der Waals surface area contributed by atoms with Gasteiger partial charge >= 0.3 is 0 Å². The number of carbonyl (C=O) groups is 1. The first-order valence-corrected chi connectivity index (χ1v) is 11.1. The van der Waals surface area contributed by atoms with E-state index < -0.39 is 0 Å². The second-order valence-electron chi connectivity index (χ2n) is 8.06. The van der Waals surface area contributed by atoms with Crippen molar-refractivity contribution in [3.8, 4) is 0 Å². The van der Waals surface area contributed by atoms with Gasteiger partial charge in [-0.05, 0) is 44.0 Å². The molecule has 4 rings (SSSR count). The number of nitrogens with zero attached hydrogens (tertiary/aromatic N) is 4. The lowest BCUT2D eigenvalue weighted by Crippen LogP contribution is -2.48. The number of hydrogen-bond donors (Lipinski definition) is 1. The van der Waals surface area contributed by atoms with Crippen LogP contribution in [0.3, 0.4) is 0 Å². The second kappa shape index (κ2) is 9.34. The molecule has 1 N–H and O–H groups in total. The van der Waals surface area contributed by atoms with Crippen molar-refractivity contribution in [1.82, 2.24) is 24.6 Å². The molecular formula is C23H28ClN5O2. The number of aryl methyl sites for hydroxylation is 1. The van der Waals surface area contributed by atoms with E-state index in [0.29, 0.717) is 42.5 Å². The number of ether oxygens (including phenoxy) is 1. The second-order valence-corrected chi connectivity index (χ2v) is 8.50. The molecule has 1 amide bonds. The summed E-state index contributed by atoms with van der Waals surface area (Å²) in [5.74, 6) is -0.0796. The van der Waals surface area contributed by atoms with Gasteiger partial charge in [-0.2, -0.15) is 0 Å². The largest absolute Gasteiger partial charge is 0.372 e. The van der Waals surface area contributed by atoms with Crippen LogP contribution in [0, 0.1) is 0 Å². The number of pyridine rings is 2. The van der Waals surface area contributed by atoms with E-state index in [2.05, 4.69) is 28.3 Å². The summed E-state index contributed by atoms with van der Waals surface area (Å²) in [6, 6.07) is 7.74. The van der Waals surface area contributed by atoms with E-state index in [0.717, 1.165) is 17.8 Å². The van der Waals surface area contributed by atoms with Crippen LogP contribution >= 0.6 is 11.6 Å². The summed E-state index contributed by atoms with van der Waals surface area (Å²) >= 11 is 6.23. The van der Waals surface area contributed by atoms with Crippen molar-refractivity contribution in [3.63, 3.8) is 0 Å². The first-order chi connectivity index (χ1) is 14.9. The van der Waals surface area contributed by atoms with Gasteiger partial charge in [0.2, 0.25) is 0 Å². The minimum Gasteiger partial charge on any atom is -0.372 e. The highest BCUT2D eigenvalue weighted by molar-refractivity contribution is 6.30. The highest BCUT2D eigenvalue weighted by atomic mass is 35.5. The van der Waals surface area contributed by atoms with Crippen molar-refractivity contribution in [2.24, 2.45) is 0 Å². The first-order valence-electron chi connectivity index (χ1n) is 10.7. The molecule has 1 aliphatic heterocycles. The molecule has 0 aromatic carbocycles. The SMILES string of the molecule is CCc1ccc(CNCc2c(C(=O)N3C[C@@H](C)O[C@@H](C)C3)nc3ccc(Cl)cn23)nc1. The maximum Gasteiger partial charge on any atom is 0.274 e. The Morgan fingerprint density at radius 1 is 1.19 bits per heavy atom. The number of imidazole rings is 1. The summed E-state index contributed by atoms with van der Waals surface area (Å²) in [5, 5.41) is 4.00. The van der Waals surface area contributed by atoms with Crippen LogP contribution in [0.25, 0.3) is 5.65 Å². The third-order valence-corrected chi connectivity index (χ3v) is 5.71. The molecule has 7 nitrogen and oxygen atoms in total. The van der Waals surface area contributed by atoms with Gasteiger partial charge in [0.25, 0.3) is 5.91 Å². The third-order valence-electron chi connectivity index (χ3n) is 5.48. The molecule has 2 atom stereocenters. The predicted octanol–water partition coefficient (Wildman–Crippen LogP) is 3.48. The van der Waals surface area contributed by atoms with Crippen LogP contribution in [0.2, 0.25) is 5.02 Å². The van der Waals surface area contributed by atoms with E-state index in [1.165, 1.54) is 5.56 Å². The summed E-state index contributed by atoms with van der Waals surface area (Å²) in [6.45, 7) is 8.25. The number of morpholine rings is 1. The summed E-state index contributed by atoms with van der Waals surface area (Å²) in [7, 11) is 0. The number of fused-ring (bicyclic) bond motifs is 1. The van der Waals surface area contributed by atoms with Crippen LogP contribution in [0.4, 0.5) is 0 Å². The summed E-state index contributed by atoms with van der Waals surface area (Å²) < 4.78 is 7.67. The first kappa shape index (κ1) is 21.7. The molecule has 0 radical (unpaired) electrons. The van der Waals surface area contributed by atoms with Crippen LogP contribution in [0.5, 0.6) is 0 Å². The number of rotatable bonds is 6. The number of halogens is 1. The highest BCUT2D eigenvalue weighted by Gasteiger charge is 2.30.